The van der Waals surface area contributed by atoms with Crippen LogP contribution in [-0.2, 0) is 37.6 Å². The second-order valence-electron chi connectivity index (χ2n) is 8.88. The molecule has 0 saturated carbocycles. The maximum Gasteiger partial charge on any atom is 0.433 e. The van der Waals surface area contributed by atoms with E-state index in [4.69, 9.17) is 5.73 Å². The summed E-state index contributed by atoms with van der Waals surface area (Å²) >= 11 is 0.723. The lowest BCUT2D eigenvalue weighted by Gasteiger charge is -2.33. The number of carbonyl (C=O) groups is 3. The van der Waals surface area contributed by atoms with Crippen LogP contribution in [0.4, 0.5) is 13.2 Å². The molecule has 2 fully saturated rings. The highest BCUT2D eigenvalue weighted by Crippen LogP contribution is 2.35. The van der Waals surface area contributed by atoms with E-state index in [1.54, 1.807) is 0 Å². The van der Waals surface area contributed by atoms with E-state index in [0.717, 1.165) is 24.5 Å². The number of amides is 3. The summed E-state index contributed by atoms with van der Waals surface area (Å²) in [6.07, 6.45) is -2.89. The van der Waals surface area contributed by atoms with Crippen molar-refractivity contribution in [1.29, 1.82) is 0 Å². The van der Waals surface area contributed by atoms with Gasteiger partial charge in [-0.05, 0) is 43.9 Å². The van der Waals surface area contributed by atoms with Gasteiger partial charge in [0.25, 0.3) is 10.0 Å². The molecular formula is C21H25F3N6O5S2. The van der Waals surface area contributed by atoms with Crippen molar-refractivity contribution in [3.05, 3.63) is 23.9 Å². The number of hydrogen-bond donors (Lipinski definition) is 2. The Labute approximate surface area is 214 Å². The van der Waals surface area contributed by atoms with Gasteiger partial charge >= 0.3 is 6.18 Å². The molecule has 4 rings (SSSR count). The van der Waals surface area contributed by atoms with E-state index < -0.39 is 51.7 Å². The second-order valence-corrected chi connectivity index (χ2v) is 11.9. The Bertz CT molecular complexity index is 1320. The minimum absolute atomic E-state index is 0.0316. The normalized spacial score (nSPS) is 21.0. The van der Waals surface area contributed by atoms with Gasteiger partial charge in [-0.1, -0.05) is 0 Å². The smallest absolute Gasteiger partial charge is 0.368 e. The SMILES string of the molecule is Cn1nc(-c2ccc(S(=O)(=O)NC3CCCN(CC(=O)N4CCCC4C(N)=O)C3=O)s2)cc1C(F)(F)F. The maximum atomic E-state index is 13.1. The lowest BCUT2D eigenvalue weighted by molar-refractivity contribution is -0.145. The van der Waals surface area contributed by atoms with Crippen LogP contribution in [0.1, 0.15) is 31.4 Å². The Kier molecular flexibility index (Phi) is 7.36. The zero-order valence-electron chi connectivity index (χ0n) is 19.7. The molecule has 3 N–H and O–H groups in total. The van der Waals surface area contributed by atoms with E-state index in [1.165, 1.54) is 21.9 Å². The number of sulfonamides is 1. The van der Waals surface area contributed by atoms with Crippen molar-refractivity contribution in [2.75, 3.05) is 19.6 Å². The highest BCUT2D eigenvalue weighted by molar-refractivity contribution is 7.91. The van der Waals surface area contributed by atoms with Gasteiger partial charge in [-0.2, -0.15) is 23.0 Å². The summed E-state index contributed by atoms with van der Waals surface area (Å²) in [6.45, 7) is 0.305. The molecule has 2 saturated heterocycles. The number of thiophene rings is 1. The van der Waals surface area contributed by atoms with Crippen LogP contribution in [0.15, 0.2) is 22.4 Å². The maximum absolute atomic E-state index is 13.1. The summed E-state index contributed by atoms with van der Waals surface area (Å²) in [5, 5.41) is 3.82. The van der Waals surface area contributed by atoms with Crippen molar-refractivity contribution < 1.29 is 36.0 Å². The van der Waals surface area contributed by atoms with Gasteiger partial charge in [0.2, 0.25) is 17.7 Å². The molecule has 2 aliphatic heterocycles. The zero-order valence-corrected chi connectivity index (χ0v) is 21.3. The fraction of sp³-hybridized carbons (Fsp3) is 0.524. The first-order chi connectivity index (χ1) is 17.3. The Morgan fingerprint density at radius 2 is 1.92 bits per heavy atom. The molecule has 2 atom stereocenters. The first kappa shape index (κ1) is 27.1. The Morgan fingerprint density at radius 3 is 2.57 bits per heavy atom. The summed E-state index contributed by atoms with van der Waals surface area (Å²) in [4.78, 5) is 40.1. The molecule has 4 heterocycles. The zero-order chi connectivity index (χ0) is 27.1. The summed E-state index contributed by atoms with van der Waals surface area (Å²) in [5.74, 6) is -1.62. The molecular weight excluding hydrogens is 537 g/mol. The molecule has 2 aromatic heterocycles. The minimum Gasteiger partial charge on any atom is -0.368 e. The van der Waals surface area contributed by atoms with Crippen LogP contribution in [0.2, 0.25) is 0 Å². The van der Waals surface area contributed by atoms with Crippen LogP contribution < -0.4 is 10.5 Å². The molecule has 0 aliphatic carbocycles. The molecule has 37 heavy (non-hydrogen) atoms. The first-order valence-corrected chi connectivity index (χ1v) is 13.7. The molecule has 0 radical (unpaired) electrons. The number of hydrogen-bond acceptors (Lipinski definition) is 7. The Morgan fingerprint density at radius 1 is 1.22 bits per heavy atom. The number of nitrogens with two attached hydrogens (primary N) is 1. The van der Waals surface area contributed by atoms with Crippen LogP contribution in [0, 0.1) is 0 Å². The van der Waals surface area contributed by atoms with Crippen molar-refractivity contribution in [3.63, 3.8) is 0 Å². The van der Waals surface area contributed by atoms with Gasteiger partial charge in [0.15, 0.2) is 0 Å². The number of carbonyl (C=O) groups excluding carboxylic acids is 3. The molecule has 2 aliphatic rings. The number of alkyl halides is 3. The van der Waals surface area contributed by atoms with Gasteiger partial charge in [0.05, 0.1) is 11.4 Å². The number of rotatable bonds is 7. The molecule has 16 heteroatoms. The highest BCUT2D eigenvalue weighted by Gasteiger charge is 2.38. The number of nitrogens with zero attached hydrogens (tertiary/aromatic N) is 4. The lowest BCUT2D eigenvalue weighted by atomic mass is 10.1. The summed E-state index contributed by atoms with van der Waals surface area (Å²) in [7, 11) is -3.05. The second kappa shape index (κ2) is 10.1. The molecule has 11 nitrogen and oxygen atoms in total. The number of aromatic nitrogens is 2. The van der Waals surface area contributed by atoms with E-state index in [0.29, 0.717) is 30.5 Å². The van der Waals surface area contributed by atoms with Gasteiger partial charge < -0.3 is 15.5 Å². The molecule has 2 unspecified atom stereocenters. The highest BCUT2D eigenvalue weighted by atomic mass is 32.2. The molecule has 0 spiro atoms. The van der Waals surface area contributed by atoms with Crippen molar-refractivity contribution in [3.8, 4) is 10.6 Å². The number of primary amides is 1. The van der Waals surface area contributed by atoms with E-state index in [1.807, 2.05) is 0 Å². The van der Waals surface area contributed by atoms with Gasteiger partial charge in [-0.25, -0.2) is 8.42 Å². The van der Waals surface area contributed by atoms with Gasteiger partial charge in [-0.15, -0.1) is 11.3 Å². The monoisotopic (exact) mass is 562 g/mol. The van der Waals surface area contributed by atoms with E-state index in [9.17, 15) is 36.0 Å². The number of halogens is 3. The predicted octanol–water partition coefficient (Wildman–Crippen LogP) is 0.913. The van der Waals surface area contributed by atoms with Crippen molar-refractivity contribution in [2.45, 2.75) is 48.2 Å². The van der Waals surface area contributed by atoms with Gasteiger partial charge in [0, 0.05) is 20.1 Å². The average molecular weight is 563 g/mol. The third-order valence-electron chi connectivity index (χ3n) is 6.32. The lowest BCUT2D eigenvalue weighted by Crippen LogP contribution is -2.55. The van der Waals surface area contributed by atoms with E-state index in [2.05, 4.69) is 9.82 Å². The number of aryl methyl sites for hydroxylation is 1. The van der Waals surface area contributed by atoms with Crippen LogP contribution in [0.5, 0.6) is 0 Å². The third kappa shape index (κ3) is 5.65. The van der Waals surface area contributed by atoms with Gasteiger partial charge in [-0.3, -0.25) is 19.1 Å². The minimum atomic E-state index is -4.61. The average Bonchev–Trinajstić information content (AvgIpc) is 3.54. The third-order valence-corrected chi connectivity index (χ3v) is 9.40. The van der Waals surface area contributed by atoms with Crippen molar-refractivity contribution in [1.82, 2.24) is 24.3 Å². The quantitative estimate of drug-likeness (QED) is 0.513. The topological polar surface area (TPSA) is 148 Å². The van der Waals surface area contributed by atoms with Crippen molar-refractivity contribution in [2.24, 2.45) is 12.8 Å². The summed E-state index contributed by atoms with van der Waals surface area (Å²) in [6, 6.07) is 1.57. The Balaban J connectivity index is 1.44. The van der Waals surface area contributed by atoms with E-state index >= 15 is 0 Å². The number of piperidine rings is 1. The molecule has 0 aromatic carbocycles. The molecule has 2 aromatic rings. The van der Waals surface area contributed by atoms with Crippen LogP contribution in [0.25, 0.3) is 10.6 Å². The number of nitrogens with one attached hydrogen (secondary N) is 1. The number of likely N-dealkylation sites (tertiary alicyclic amines) is 2. The molecule has 3 amide bonds. The largest absolute Gasteiger partial charge is 0.433 e. The Hall–Kier alpha value is -2.98. The first-order valence-electron chi connectivity index (χ1n) is 11.4. The molecule has 0 bridgehead atoms. The fourth-order valence-corrected chi connectivity index (χ4v) is 7.02. The standard InChI is InChI=1S/C21H25F3N6O5S2/c1-28-16(21(22,23)24)10-13(26-28)15-6-7-18(36-15)37(34,35)27-12-4-2-8-29(20(12)33)11-17(31)30-9-3-5-14(30)19(25)32/h6-7,10,12,14,27H,2-5,8-9,11H2,1H3,(H2,25,32). The fourth-order valence-electron chi connectivity index (χ4n) is 4.52. The predicted molar refractivity (Wildman–Crippen MR) is 125 cm³/mol. The van der Waals surface area contributed by atoms with Crippen LogP contribution >= 0.6 is 11.3 Å². The van der Waals surface area contributed by atoms with Gasteiger partial charge in [0.1, 0.15) is 27.7 Å². The van der Waals surface area contributed by atoms with Crippen molar-refractivity contribution >= 4 is 39.1 Å². The summed E-state index contributed by atoms with van der Waals surface area (Å²) in [5.41, 5.74) is 4.35. The van der Waals surface area contributed by atoms with E-state index in [-0.39, 0.29) is 34.3 Å². The van der Waals surface area contributed by atoms with Crippen LogP contribution in [0.3, 0.4) is 0 Å². The molecule has 202 valence electrons. The van der Waals surface area contributed by atoms with Crippen LogP contribution in [-0.4, -0.2) is 77.4 Å². The summed E-state index contributed by atoms with van der Waals surface area (Å²) < 4.78 is 68.0.